The first kappa shape index (κ1) is 15.3. The van der Waals surface area contributed by atoms with Crippen LogP contribution in [0, 0.1) is 5.82 Å². The van der Waals surface area contributed by atoms with Crippen molar-refractivity contribution in [1.82, 2.24) is 0 Å². The predicted octanol–water partition coefficient (Wildman–Crippen LogP) is 3.54. The van der Waals surface area contributed by atoms with Gasteiger partial charge in [-0.3, -0.25) is 0 Å². The highest BCUT2D eigenvalue weighted by atomic mass is 79.9. The number of halogens is 2. The van der Waals surface area contributed by atoms with Crippen molar-refractivity contribution in [3.05, 3.63) is 57.8 Å². The summed E-state index contributed by atoms with van der Waals surface area (Å²) in [6.45, 7) is -0.0509. The predicted molar refractivity (Wildman–Crippen MR) is 80.6 cm³/mol. The Labute approximate surface area is 129 Å². The topological polar surface area (TPSA) is 61.5 Å². The largest absolute Gasteiger partial charge is 0.496 e. The third-order valence-corrected chi connectivity index (χ3v) is 3.72. The number of nitrogens with two attached hydrogens (primary N) is 1. The molecule has 0 bridgehead atoms. The average molecular weight is 354 g/mol. The highest BCUT2D eigenvalue weighted by Crippen LogP contribution is 2.24. The number of nitrogen functional groups attached to an aromatic ring is 1. The fraction of sp³-hybridized carbons (Fsp3) is 0.133. The van der Waals surface area contributed by atoms with Gasteiger partial charge in [0.15, 0.2) is 0 Å². The van der Waals surface area contributed by atoms with E-state index in [4.69, 9.17) is 15.2 Å². The van der Waals surface area contributed by atoms with Crippen LogP contribution in [-0.4, -0.2) is 13.1 Å². The molecule has 110 valence electrons. The van der Waals surface area contributed by atoms with Crippen molar-refractivity contribution in [3.8, 4) is 5.75 Å². The smallest absolute Gasteiger partial charge is 0.342 e. The van der Waals surface area contributed by atoms with Crippen molar-refractivity contribution in [2.24, 2.45) is 0 Å². The molecule has 0 aliphatic heterocycles. The van der Waals surface area contributed by atoms with Gasteiger partial charge in [0.2, 0.25) is 0 Å². The first-order chi connectivity index (χ1) is 10.0. The normalized spacial score (nSPS) is 10.2. The molecule has 0 heterocycles. The van der Waals surface area contributed by atoms with Gasteiger partial charge in [0.1, 0.15) is 23.7 Å². The lowest BCUT2D eigenvalue weighted by Crippen LogP contribution is -2.08. The van der Waals surface area contributed by atoms with E-state index in [1.54, 1.807) is 18.2 Å². The summed E-state index contributed by atoms with van der Waals surface area (Å²) in [4.78, 5) is 12.1. The zero-order valence-corrected chi connectivity index (χ0v) is 12.8. The summed E-state index contributed by atoms with van der Waals surface area (Å²) in [5.74, 6) is -0.644. The molecule has 0 saturated carbocycles. The molecule has 2 rings (SSSR count). The number of hydrogen-bond acceptors (Lipinski definition) is 4. The van der Waals surface area contributed by atoms with Crippen LogP contribution in [0.15, 0.2) is 40.9 Å². The van der Waals surface area contributed by atoms with Gasteiger partial charge in [-0.05, 0) is 34.1 Å². The number of methoxy groups -OCH3 is 1. The Hall–Kier alpha value is -2.08. The number of carbonyl (C=O) groups is 1. The Kier molecular flexibility index (Phi) is 4.80. The Morgan fingerprint density at radius 3 is 2.81 bits per heavy atom. The summed E-state index contributed by atoms with van der Waals surface area (Å²) >= 11 is 3.12. The number of anilines is 1. The van der Waals surface area contributed by atoms with Gasteiger partial charge in [-0.15, -0.1) is 0 Å². The van der Waals surface area contributed by atoms with Crippen LogP contribution in [0.4, 0.5) is 10.1 Å². The molecule has 0 saturated heterocycles. The zero-order valence-electron chi connectivity index (χ0n) is 11.2. The summed E-state index contributed by atoms with van der Waals surface area (Å²) in [7, 11) is 1.44. The standard InChI is InChI=1S/C15H13BrFNO3/c1-20-13-7-10(18)5-6-11(13)15(19)21-8-9-3-2-4-12(17)14(9)16/h2-7H,8,18H2,1H3. The molecule has 2 aromatic carbocycles. The third kappa shape index (κ3) is 3.52. The molecule has 0 amide bonds. The van der Waals surface area contributed by atoms with Gasteiger partial charge >= 0.3 is 5.97 Å². The summed E-state index contributed by atoms with van der Waals surface area (Å²) in [6, 6.07) is 9.18. The number of ether oxygens (including phenoxy) is 2. The second-order valence-electron chi connectivity index (χ2n) is 4.25. The monoisotopic (exact) mass is 353 g/mol. The van der Waals surface area contributed by atoms with Gasteiger partial charge in [0.05, 0.1) is 11.6 Å². The molecule has 21 heavy (non-hydrogen) atoms. The lowest BCUT2D eigenvalue weighted by atomic mass is 10.2. The molecule has 0 aromatic heterocycles. The minimum absolute atomic E-state index is 0.0509. The molecule has 0 aliphatic rings. The van der Waals surface area contributed by atoms with Gasteiger partial charge in [-0.2, -0.15) is 0 Å². The third-order valence-electron chi connectivity index (χ3n) is 2.84. The second kappa shape index (κ2) is 6.58. The molecule has 6 heteroatoms. The Balaban J connectivity index is 2.14. The first-order valence-electron chi connectivity index (χ1n) is 6.06. The van der Waals surface area contributed by atoms with Crippen molar-refractivity contribution < 1.29 is 18.7 Å². The van der Waals surface area contributed by atoms with Crippen molar-refractivity contribution in [3.63, 3.8) is 0 Å². The quantitative estimate of drug-likeness (QED) is 0.674. The maximum atomic E-state index is 13.4. The van der Waals surface area contributed by atoms with E-state index < -0.39 is 11.8 Å². The van der Waals surface area contributed by atoms with E-state index in [1.165, 1.54) is 25.3 Å². The van der Waals surface area contributed by atoms with Crippen LogP contribution in [0.5, 0.6) is 5.75 Å². The van der Waals surface area contributed by atoms with Crippen molar-refractivity contribution in [2.45, 2.75) is 6.61 Å². The van der Waals surface area contributed by atoms with Crippen LogP contribution in [0.3, 0.4) is 0 Å². The Morgan fingerprint density at radius 1 is 1.33 bits per heavy atom. The molecule has 4 nitrogen and oxygen atoms in total. The highest BCUT2D eigenvalue weighted by Gasteiger charge is 2.15. The summed E-state index contributed by atoms with van der Waals surface area (Å²) in [6.07, 6.45) is 0. The van der Waals surface area contributed by atoms with Gasteiger partial charge < -0.3 is 15.2 Å². The van der Waals surface area contributed by atoms with E-state index >= 15 is 0 Å². The van der Waals surface area contributed by atoms with Gasteiger partial charge in [-0.1, -0.05) is 12.1 Å². The van der Waals surface area contributed by atoms with Gasteiger partial charge in [0, 0.05) is 17.3 Å². The maximum absolute atomic E-state index is 13.4. The number of rotatable bonds is 4. The summed E-state index contributed by atoms with van der Waals surface area (Å²) in [5.41, 5.74) is 6.91. The van der Waals surface area contributed by atoms with E-state index in [2.05, 4.69) is 15.9 Å². The first-order valence-corrected chi connectivity index (χ1v) is 6.85. The van der Waals surface area contributed by atoms with E-state index in [0.717, 1.165) is 0 Å². The average Bonchev–Trinajstić information content (AvgIpc) is 2.48. The van der Waals surface area contributed by atoms with Crippen molar-refractivity contribution >= 4 is 27.6 Å². The second-order valence-corrected chi connectivity index (χ2v) is 5.04. The van der Waals surface area contributed by atoms with E-state index in [-0.39, 0.29) is 16.6 Å². The van der Waals surface area contributed by atoms with E-state index in [0.29, 0.717) is 17.0 Å². The molecule has 0 aliphatic carbocycles. The van der Waals surface area contributed by atoms with Crippen molar-refractivity contribution in [1.29, 1.82) is 0 Å². The highest BCUT2D eigenvalue weighted by molar-refractivity contribution is 9.10. The van der Waals surface area contributed by atoms with Crippen LogP contribution in [-0.2, 0) is 11.3 Å². The van der Waals surface area contributed by atoms with Crippen LogP contribution >= 0.6 is 15.9 Å². The fourth-order valence-corrected chi connectivity index (χ4v) is 2.14. The SMILES string of the molecule is COc1cc(N)ccc1C(=O)OCc1cccc(F)c1Br. The lowest BCUT2D eigenvalue weighted by molar-refractivity contribution is 0.0468. The van der Waals surface area contributed by atoms with E-state index in [9.17, 15) is 9.18 Å². The zero-order chi connectivity index (χ0) is 15.4. The Morgan fingerprint density at radius 2 is 2.10 bits per heavy atom. The molecular weight excluding hydrogens is 341 g/mol. The molecular formula is C15H13BrFNO3. The van der Waals surface area contributed by atoms with Crippen LogP contribution in [0.1, 0.15) is 15.9 Å². The molecule has 2 aromatic rings. The van der Waals surface area contributed by atoms with Crippen molar-refractivity contribution in [2.75, 3.05) is 12.8 Å². The number of carbonyl (C=O) groups excluding carboxylic acids is 1. The summed E-state index contributed by atoms with van der Waals surface area (Å²) < 4.78 is 23.9. The number of benzene rings is 2. The fourth-order valence-electron chi connectivity index (χ4n) is 1.76. The maximum Gasteiger partial charge on any atom is 0.342 e. The van der Waals surface area contributed by atoms with Gasteiger partial charge in [0.25, 0.3) is 0 Å². The minimum Gasteiger partial charge on any atom is -0.496 e. The number of esters is 1. The molecule has 2 N–H and O–H groups in total. The van der Waals surface area contributed by atoms with Crippen LogP contribution in [0.2, 0.25) is 0 Å². The molecule has 0 fully saturated rings. The number of hydrogen-bond donors (Lipinski definition) is 1. The minimum atomic E-state index is -0.567. The Bertz CT molecular complexity index is 676. The van der Waals surface area contributed by atoms with Crippen LogP contribution < -0.4 is 10.5 Å². The molecule has 0 atom stereocenters. The lowest BCUT2D eigenvalue weighted by Gasteiger charge is -2.10. The molecule has 0 radical (unpaired) electrons. The van der Waals surface area contributed by atoms with Gasteiger partial charge in [-0.25, -0.2) is 9.18 Å². The molecule has 0 spiro atoms. The molecule has 0 unspecified atom stereocenters. The van der Waals surface area contributed by atoms with Crippen LogP contribution in [0.25, 0.3) is 0 Å². The summed E-state index contributed by atoms with van der Waals surface area (Å²) in [5, 5.41) is 0. The van der Waals surface area contributed by atoms with E-state index in [1.807, 2.05) is 0 Å².